The SMILES string of the molecule is Nc1ncnc2c1c(-c1ccc(Oc3ccccc3)cc1)nn2[C@@H]1CCCN(CC2CCN(C(=O)Oc3ccc([N+](=O)[O-])cc3)CC2)C1. The summed E-state index contributed by atoms with van der Waals surface area (Å²) < 4.78 is 13.5. The van der Waals surface area contributed by atoms with E-state index >= 15 is 0 Å². The molecule has 2 aliphatic rings. The number of nitro groups is 1. The molecule has 246 valence electrons. The van der Waals surface area contributed by atoms with Gasteiger partial charge in [0.2, 0.25) is 0 Å². The Morgan fingerprint density at radius 1 is 0.896 bits per heavy atom. The molecule has 2 N–H and O–H groups in total. The molecule has 2 saturated heterocycles. The molecule has 7 rings (SSSR count). The topological polar surface area (TPSA) is 155 Å². The van der Waals surface area contributed by atoms with Gasteiger partial charge in [0.05, 0.1) is 16.4 Å². The van der Waals surface area contributed by atoms with E-state index < -0.39 is 11.0 Å². The number of nitrogens with two attached hydrogens (primary N) is 1. The molecule has 5 aromatic rings. The van der Waals surface area contributed by atoms with Gasteiger partial charge in [-0.05, 0) is 86.7 Å². The number of carbonyl (C=O) groups excluding carboxylic acids is 1. The van der Waals surface area contributed by atoms with Crippen molar-refractivity contribution in [2.75, 3.05) is 38.5 Å². The van der Waals surface area contributed by atoms with Crippen molar-refractivity contribution < 1.29 is 19.2 Å². The normalized spacial score (nSPS) is 17.3. The van der Waals surface area contributed by atoms with Crippen molar-refractivity contribution in [3.63, 3.8) is 0 Å². The number of para-hydroxylation sites is 1. The predicted molar refractivity (Wildman–Crippen MR) is 180 cm³/mol. The molecular formula is C35H36N8O5. The number of hydrogen-bond acceptors (Lipinski definition) is 10. The highest BCUT2D eigenvalue weighted by atomic mass is 16.6. The van der Waals surface area contributed by atoms with Gasteiger partial charge in [-0.15, -0.1) is 0 Å². The Labute approximate surface area is 277 Å². The van der Waals surface area contributed by atoms with Crippen molar-refractivity contribution >= 4 is 28.6 Å². The van der Waals surface area contributed by atoms with E-state index in [4.69, 9.17) is 20.3 Å². The van der Waals surface area contributed by atoms with Crippen LogP contribution in [0.3, 0.4) is 0 Å². The fraction of sp³-hybridized carbons (Fsp3) is 0.314. The van der Waals surface area contributed by atoms with E-state index in [1.165, 1.54) is 30.6 Å². The minimum absolute atomic E-state index is 0.0471. The summed E-state index contributed by atoms with van der Waals surface area (Å²) in [5.41, 5.74) is 8.75. The highest BCUT2D eigenvalue weighted by Crippen LogP contribution is 2.35. The first-order chi connectivity index (χ1) is 23.4. The summed E-state index contributed by atoms with van der Waals surface area (Å²) in [6, 6.07) is 23.2. The Bertz CT molecular complexity index is 1890. The summed E-state index contributed by atoms with van der Waals surface area (Å²) >= 11 is 0. The standard InChI is InChI=1S/C35H36N8O5/c36-33-31-32(25-8-12-29(13-9-25)47-28-6-2-1-3-7-28)39-42(34(31)38-23-37-33)27-5-4-18-40(22-27)21-24-16-19-41(20-17-24)35(44)48-30-14-10-26(11-15-30)43(45)46/h1-3,6-15,23-24,27H,4-5,16-22H2,(H2,36,37,38)/t27-/m1/s1. The lowest BCUT2D eigenvalue weighted by molar-refractivity contribution is -0.384. The number of hydrogen-bond donors (Lipinski definition) is 1. The number of likely N-dealkylation sites (tertiary alicyclic amines) is 2. The highest BCUT2D eigenvalue weighted by molar-refractivity contribution is 5.98. The number of nitro benzene ring substituents is 1. The molecule has 1 amide bonds. The average molecular weight is 649 g/mol. The maximum absolute atomic E-state index is 12.7. The molecule has 2 aliphatic heterocycles. The fourth-order valence-corrected chi connectivity index (χ4v) is 6.62. The second kappa shape index (κ2) is 13.7. The molecule has 0 aliphatic carbocycles. The van der Waals surface area contributed by atoms with Crippen molar-refractivity contribution in [1.29, 1.82) is 0 Å². The minimum atomic E-state index is -0.483. The highest BCUT2D eigenvalue weighted by Gasteiger charge is 2.30. The zero-order valence-electron chi connectivity index (χ0n) is 26.4. The average Bonchev–Trinajstić information content (AvgIpc) is 3.51. The first kappa shape index (κ1) is 31.1. The van der Waals surface area contributed by atoms with Crippen molar-refractivity contribution in [3.05, 3.63) is 95.3 Å². The summed E-state index contributed by atoms with van der Waals surface area (Å²) in [7, 11) is 0. The van der Waals surface area contributed by atoms with Crippen molar-refractivity contribution in [2.24, 2.45) is 5.92 Å². The largest absolute Gasteiger partial charge is 0.457 e. The van der Waals surface area contributed by atoms with Crippen LogP contribution >= 0.6 is 0 Å². The van der Waals surface area contributed by atoms with Gasteiger partial charge in [0.25, 0.3) is 5.69 Å². The van der Waals surface area contributed by atoms with Gasteiger partial charge in [-0.25, -0.2) is 19.4 Å². The molecular weight excluding hydrogens is 612 g/mol. The summed E-state index contributed by atoms with van der Waals surface area (Å²) in [4.78, 5) is 36.3. The summed E-state index contributed by atoms with van der Waals surface area (Å²) in [6.45, 7) is 3.99. The van der Waals surface area contributed by atoms with Crippen LogP contribution in [0, 0.1) is 16.0 Å². The van der Waals surface area contributed by atoms with E-state index in [1.807, 2.05) is 59.3 Å². The van der Waals surface area contributed by atoms with Gasteiger partial charge in [0.15, 0.2) is 5.65 Å². The van der Waals surface area contributed by atoms with Crippen LogP contribution in [-0.4, -0.2) is 73.3 Å². The molecule has 2 aromatic heterocycles. The molecule has 0 bridgehead atoms. The van der Waals surface area contributed by atoms with Gasteiger partial charge in [-0.3, -0.25) is 10.1 Å². The molecule has 48 heavy (non-hydrogen) atoms. The third-order valence-corrected chi connectivity index (χ3v) is 9.09. The number of benzene rings is 3. The number of rotatable bonds is 8. The van der Waals surface area contributed by atoms with Gasteiger partial charge in [0.1, 0.15) is 35.1 Å². The van der Waals surface area contributed by atoms with Crippen LogP contribution in [0.25, 0.3) is 22.3 Å². The Kier molecular flexibility index (Phi) is 8.84. The Balaban J connectivity index is 0.990. The van der Waals surface area contributed by atoms with Crippen molar-refractivity contribution in [2.45, 2.75) is 31.7 Å². The number of anilines is 1. The molecule has 2 fully saturated rings. The second-order valence-corrected chi connectivity index (χ2v) is 12.3. The number of nitrogen functional groups attached to an aromatic ring is 1. The van der Waals surface area contributed by atoms with E-state index in [-0.39, 0.29) is 11.7 Å². The monoisotopic (exact) mass is 648 g/mol. The van der Waals surface area contributed by atoms with Crippen LogP contribution in [0.15, 0.2) is 85.2 Å². The second-order valence-electron chi connectivity index (χ2n) is 12.3. The molecule has 0 saturated carbocycles. The fourth-order valence-electron chi connectivity index (χ4n) is 6.62. The van der Waals surface area contributed by atoms with E-state index in [9.17, 15) is 14.9 Å². The zero-order valence-corrected chi connectivity index (χ0v) is 26.4. The maximum Gasteiger partial charge on any atom is 0.415 e. The molecule has 4 heterocycles. The van der Waals surface area contributed by atoms with E-state index in [1.54, 1.807) is 4.90 Å². The van der Waals surface area contributed by atoms with E-state index in [0.29, 0.717) is 30.6 Å². The third kappa shape index (κ3) is 6.76. The number of amides is 1. The van der Waals surface area contributed by atoms with Gasteiger partial charge >= 0.3 is 6.09 Å². The third-order valence-electron chi connectivity index (χ3n) is 9.09. The Hall–Kier alpha value is -5.56. The zero-order chi connectivity index (χ0) is 33.0. The quantitative estimate of drug-likeness (QED) is 0.149. The smallest absolute Gasteiger partial charge is 0.415 e. The van der Waals surface area contributed by atoms with Crippen LogP contribution in [-0.2, 0) is 0 Å². The van der Waals surface area contributed by atoms with Crippen LogP contribution in [0.2, 0.25) is 0 Å². The number of carbonyl (C=O) groups is 1. The summed E-state index contributed by atoms with van der Waals surface area (Å²) in [6.07, 6.45) is 4.83. The van der Waals surface area contributed by atoms with Gasteiger partial charge in [0, 0.05) is 43.9 Å². The van der Waals surface area contributed by atoms with Crippen LogP contribution in [0.5, 0.6) is 17.2 Å². The summed E-state index contributed by atoms with van der Waals surface area (Å²) in [5.74, 6) is 2.65. The first-order valence-corrected chi connectivity index (χ1v) is 16.2. The number of ether oxygens (including phenoxy) is 2. The van der Waals surface area contributed by atoms with Crippen LogP contribution < -0.4 is 15.2 Å². The van der Waals surface area contributed by atoms with Crippen LogP contribution in [0.4, 0.5) is 16.3 Å². The Morgan fingerprint density at radius 3 is 2.33 bits per heavy atom. The van der Waals surface area contributed by atoms with Crippen LogP contribution in [0.1, 0.15) is 31.7 Å². The van der Waals surface area contributed by atoms with E-state index in [0.717, 1.165) is 79.1 Å². The molecule has 3 aromatic carbocycles. The van der Waals surface area contributed by atoms with Crippen molar-refractivity contribution in [3.8, 4) is 28.5 Å². The first-order valence-electron chi connectivity index (χ1n) is 16.2. The van der Waals surface area contributed by atoms with Gasteiger partial charge in [-0.1, -0.05) is 18.2 Å². The number of piperidine rings is 2. The Morgan fingerprint density at radius 2 is 1.60 bits per heavy atom. The predicted octanol–water partition coefficient (Wildman–Crippen LogP) is 6.32. The summed E-state index contributed by atoms with van der Waals surface area (Å²) in [5, 5.41) is 16.7. The number of fused-ring (bicyclic) bond motifs is 1. The maximum atomic E-state index is 12.7. The van der Waals surface area contributed by atoms with Gasteiger partial charge < -0.3 is 25.0 Å². The molecule has 0 radical (unpaired) electrons. The molecule has 13 heteroatoms. The number of aromatic nitrogens is 4. The lowest BCUT2D eigenvalue weighted by Gasteiger charge is -2.38. The number of non-ortho nitro benzene ring substituents is 1. The minimum Gasteiger partial charge on any atom is -0.457 e. The molecule has 0 unspecified atom stereocenters. The molecule has 13 nitrogen and oxygen atoms in total. The number of nitrogens with zero attached hydrogens (tertiary/aromatic N) is 7. The van der Waals surface area contributed by atoms with Crippen molar-refractivity contribution in [1.82, 2.24) is 29.5 Å². The molecule has 1 atom stereocenters. The molecule has 0 spiro atoms. The lowest BCUT2D eigenvalue weighted by atomic mass is 9.95. The van der Waals surface area contributed by atoms with Gasteiger partial charge in [-0.2, -0.15) is 5.10 Å². The van der Waals surface area contributed by atoms with E-state index in [2.05, 4.69) is 14.9 Å². The lowest BCUT2D eigenvalue weighted by Crippen LogP contribution is -2.45.